The van der Waals surface area contributed by atoms with Crippen LogP contribution in [0.15, 0.2) is 66.7 Å². The van der Waals surface area contributed by atoms with Gasteiger partial charge in [0.25, 0.3) is 0 Å². The molecule has 0 aliphatic heterocycles. The number of carbonyl (C=O) groups excluding carboxylic acids is 2. The second kappa shape index (κ2) is 7.93. The van der Waals surface area contributed by atoms with Crippen molar-refractivity contribution in [2.24, 2.45) is 0 Å². The summed E-state index contributed by atoms with van der Waals surface area (Å²) in [6.07, 6.45) is 0. The zero-order valence-electron chi connectivity index (χ0n) is 14.3. The van der Waals surface area contributed by atoms with Gasteiger partial charge in [-0.05, 0) is 55.5 Å². The molecule has 0 atom stereocenters. The Labute approximate surface area is 160 Å². The van der Waals surface area contributed by atoms with Gasteiger partial charge in [-0.1, -0.05) is 29.3 Å². The molecule has 0 aliphatic rings. The number of aromatic hydroxyl groups is 1. The fraction of sp³-hybridized carbons (Fsp3) is 0.0476. The maximum atomic E-state index is 12.3. The number of rotatable bonds is 4. The van der Waals surface area contributed by atoms with E-state index in [0.717, 1.165) is 5.56 Å². The first-order chi connectivity index (χ1) is 12.9. The molecule has 0 radical (unpaired) electrons. The van der Waals surface area contributed by atoms with Gasteiger partial charge in [0.1, 0.15) is 17.2 Å². The van der Waals surface area contributed by atoms with Crippen LogP contribution in [0.4, 0.5) is 0 Å². The van der Waals surface area contributed by atoms with Crippen molar-refractivity contribution in [3.8, 4) is 17.2 Å². The average molecular weight is 383 g/mol. The highest BCUT2D eigenvalue weighted by molar-refractivity contribution is 6.33. The van der Waals surface area contributed by atoms with Crippen LogP contribution in [0.1, 0.15) is 26.3 Å². The van der Waals surface area contributed by atoms with E-state index in [1.807, 2.05) is 19.1 Å². The smallest absolute Gasteiger partial charge is 0.345 e. The van der Waals surface area contributed by atoms with E-state index in [-0.39, 0.29) is 27.6 Å². The summed E-state index contributed by atoms with van der Waals surface area (Å²) in [5.41, 5.74) is 1.47. The van der Waals surface area contributed by atoms with Gasteiger partial charge in [0.15, 0.2) is 0 Å². The van der Waals surface area contributed by atoms with Gasteiger partial charge in [0, 0.05) is 6.07 Å². The maximum Gasteiger partial charge on any atom is 0.345 e. The van der Waals surface area contributed by atoms with E-state index in [1.165, 1.54) is 42.5 Å². The first kappa shape index (κ1) is 18.5. The van der Waals surface area contributed by atoms with E-state index in [2.05, 4.69) is 0 Å². The molecule has 0 aliphatic carbocycles. The number of halogens is 1. The van der Waals surface area contributed by atoms with E-state index in [0.29, 0.717) is 5.75 Å². The molecule has 0 saturated carbocycles. The lowest BCUT2D eigenvalue weighted by Crippen LogP contribution is -2.11. The van der Waals surface area contributed by atoms with Crippen molar-refractivity contribution in [1.82, 2.24) is 0 Å². The summed E-state index contributed by atoms with van der Waals surface area (Å²) < 4.78 is 10.5. The molecule has 3 aromatic carbocycles. The van der Waals surface area contributed by atoms with Gasteiger partial charge in [-0.2, -0.15) is 0 Å². The third-order valence-corrected chi connectivity index (χ3v) is 4.02. The summed E-state index contributed by atoms with van der Waals surface area (Å²) >= 11 is 6.14. The highest BCUT2D eigenvalue weighted by Crippen LogP contribution is 2.25. The van der Waals surface area contributed by atoms with Crippen LogP contribution in [0.25, 0.3) is 0 Å². The number of ether oxygens (including phenoxy) is 2. The Morgan fingerprint density at radius 2 is 1.41 bits per heavy atom. The van der Waals surface area contributed by atoms with E-state index < -0.39 is 11.9 Å². The zero-order valence-corrected chi connectivity index (χ0v) is 15.1. The standard InChI is InChI=1S/C21H15ClO5/c1-13-2-8-16(9-3-13)26-21(25)18-11-10-17(12-19(18)22)27-20(24)14-4-6-15(23)7-5-14/h2-12,23H,1H3. The Kier molecular flexibility index (Phi) is 5.43. The molecular formula is C21H15ClO5. The fourth-order valence-corrected chi connectivity index (χ4v) is 2.50. The number of benzene rings is 3. The molecule has 136 valence electrons. The van der Waals surface area contributed by atoms with Gasteiger partial charge in [-0.3, -0.25) is 0 Å². The third-order valence-electron chi connectivity index (χ3n) is 3.71. The fourth-order valence-electron chi connectivity index (χ4n) is 2.26. The van der Waals surface area contributed by atoms with Gasteiger partial charge < -0.3 is 14.6 Å². The Morgan fingerprint density at radius 1 is 0.815 bits per heavy atom. The molecule has 0 bridgehead atoms. The van der Waals surface area contributed by atoms with Crippen molar-refractivity contribution in [3.05, 3.63) is 88.4 Å². The van der Waals surface area contributed by atoms with Crippen LogP contribution in [-0.4, -0.2) is 17.0 Å². The molecule has 1 N–H and O–H groups in total. The minimum absolute atomic E-state index is 0.0473. The summed E-state index contributed by atoms with van der Waals surface area (Å²) in [6, 6.07) is 16.9. The molecule has 0 fully saturated rings. The molecule has 6 heteroatoms. The minimum Gasteiger partial charge on any atom is -0.508 e. The van der Waals surface area contributed by atoms with Crippen LogP contribution in [-0.2, 0) is 0 Å². The van der Waals surface area contributed by atoms with Gasteiger partial charge in [-0.15, -0.1) is 0 Å². The van der Waals surface area contributed by atoms with E-state index in [4.69, 9.17) is 21.1 Å². The Balaban J connectivity index is 1.71. The van der Waals surface area contributed by atoms with Crippen LogP contribution in [0.5, 0.6) is 17.2 Å². The van der Waals surface area contributed by atoms with Gasteiger partial charge in [0.05, 0.1) is 16.1 Å². The van der Waals surface area contributed by atoms with Crippen molar-refractivity contribution in [2.75, 3.05) is 0 Å². The SMILES string of the molecule is Cc1ccc(OC(=O)c2ccc(OC(=O)c3ccc(O)cc3)cc2Cl)cc1. The van der Waals surface area contributed by atoms with Crippen LogP contribution < -0.4 is 9.47 Å². The molecule has 0 unspecified atom stereocenters. The van der Waals surface area contributed by atoms with Crippen molar-refractivity contribution < 1.29 is 24.2 Å². The first-order valence-corrected chi connectivity index (χ1v) is 8.40. The van der Waals surface area contributed by atoms with Crippen LogP contribution in [0.3, 0.4) is 0 Å². The van der Waals surface area contributed by atoms with Crippen molar-refractivity contribution in [3.63, 3.8) is 0 Å². The Bertz CT molecular complexity index is 978. The average Bonchev–Trinajstić information content (AvgIpc) is 2.64. The zero-order chi connectivity index (χ0) is 19.4. The number of hydrogen-bond donors (Lipinski definition) is 1. The molecular weight excluding hydrogens is 368 g/mol. The minimum atomic E-state index is -0.611. The molecule has 27 heavy (non-hydrogen) atoms. The number of carbonyl (C=O) groups is 2. The third kappa shape index (κ3) is 4.65. The predicted molar refractivity (Wildman–Crippen MR) is 101 cm³/mol. The summed E-state index contributed by atoms with van der Waals surface area (Å²) in [4.78, 5) is 24.4. The molecule has 3 aromatic rings. The predicted octanol–water partition coefficient (Wildman–Crippen LogP) is 4.79. The lowest BCUT2D eigenvalue weighted by Gasteiger charge is -2.09. The Hall–Kier alpha value is -3.31. The lowest BCUT2D eigenvalue weighted by molar-refractivity contribution is 0.0730. The molecule has 0 amide bonds. The quantitative estimate of drug-likeness (QED) is 0.518. The molecule has 0 heterocycles. The summed E-state index contributed by atoms with van der Waals surface area (Å²) in [5.74, 6) is -0.582. The van der Waals surface area contributed by atoms with E-state index in [1.54, 1.807) is 12.1 Å². The molecule has 0 saturated heterocycles. The maximum absolute atomic E-state index is 12.3. The summed E-state index contributed by atoms with van der Waals surface area (Å²) in [6.45, 7) is 1.93. The molecule has 0 aromatic heterocycles. The van der Waals surface area contributed by atoms with Crippen LogP contribution in [0, 0.1) is 6.92 Å². The highest BCUT2D eigenvalue weighted by Gasteiger charge is 2.15. The van der Waals surface area contributed by atoms with E-state index in [9.17, 15) is 14.7 Å². The van der Waals surface area contributed by atoms with Gasteiger partial charge >= 0.3 is 11.9 Å². The Morgan fingerprint density at radius 3 is 2.04 bits per heavy atom. The van der Waals surface area contributed by atoms with E-state index >= 15 is 0 Å². The number of hydrogen-bond acceptors (Lipinski definition) is 5. The van der Waals surface area contributed by atoms with Gasteiger partial charge in [0.2, 0.25) is 0 Å². The summed E-state index contributed by atoms with van der Waals surface area (Å²) in [5, 5.41) is 9.35. The van der Waals surface area contributed by atoms with Crippen molar-refractivity contribution >= 4 is 23.5 Å². The topological polar surface area (TPSA) is 72.8 Å². The number of phenols is 1. The largest absolute Gasteiger partial charge is 0.508 e. The molecule has 5 nitrogen and oxygen atoms in total. The molecule has 3 rings (SSSR count). The van der Waals surface area contributed by atoms with Crippen molar-refractivity contribution in [1.29, 1.82) is 0 Å². The molecule has 0 spiro atoms. The van der Waals surface area contributed by atoms with Crippen molar-refractivity contribution in [2.45, 2.75) is 6.92 Å². The lowest BCUT2D eigenvalue weighted by atomic mass is 10.2. The number of aryl methyl sites for hydroxylation is 1. The first-order valence-electron chi connectivity index (χ1n) is 8.02. The summed E-state index contributed by atoms with van der Waals surface area (Å²) in [7, 11) is 0. The number of esters is 2. The van der Waals surface area contributed by atoms with Crippen LogP contribution >= 0.6 is 11.6 Å². The normalized spacial score (nSPS) is 10.3. The second-order valence-electron chi connectivity index (χ2n) is 5.78. The second-order valence-corrected chi connectivity index (χ2v) is 6.19. The van der Waals surface area contributed by atoms with Crippen LogP contribution in [0.2, 0.25) is 5.02 Å². The number of phenolic OH excluding ortho intramolecular Hbond substituents is 1. The monoisotopic (exact) mass is 382 g/mol. The van der Waals surface area contributed by atoms with Gasteiger partial charge in [-0.25, -0.2) is 9.59 Å². The highest BCUT2D eigenvalue weighted by atomic mass is 35.5.